The van der Waals surface area contributed by atoms with Crippen LogP contribution in [-0.2, 0) is 12.6 Å². The van der Waals surface area contributed by atoms with Crippen LogP contribution >= 0.6 is 27.5 Å². The van der Waals surface area contributed by atoms with Gasteiger partial charge in [-0.25, -0.2) is 9.97 Å². The van der Waals surface area contributed by atoms with Crippen molar-refractivity contribution < 1.29 is 23.1 Å². The second-order valence-electron chi connectivity index (χ2n) is 7.65. The predicted octanol–water partition coefficient (Wildman–Crippen LogP) is 6.08. The van der Waals surface area contributed by atoms with Crippen LogP contribution in [0.15, 0.2) is 53.1 Å². The van der Waals surface area contributed by atoms with Crippen molar-refractivity contribution in [3.05, 3.63) is 81.3 Å². The molecule has 1 heterocycles. The summed E-state index contributed by atoms with van der Waals surface area (Å²) < 4.78 is 45.9. The summed E-state index contributed by atoms with van der Waals surface area (Å²) in [6.07, 6.45) is -3.53. The number of halogens is 5. The van der Waals surface area contributed by atoms with Gasteiger partial charge in [0.05, 0.1) is 11.8 Å². The van der Waals surface area contributed by atoms with Crippen molar-refractivity contribution in [2.24, 2.45) is 0 Å². The number of nitrogens with one attached hydrogen (secondary N) is 2. The summed E-state index contributed by atoms with van der Waals surface area (Å²) in [6.45, 7) is 3.64. The van der Waals surface area contributed by atoms with E-state index >= 15 is 0 Å². The smallest absolute Gasteiger partial charge is 0.416 e. The van der Waals surface area contributed by atoms with Gasteiger partial charge in [-0.05, 0) is 61.7 Å². The van der Waals surface area contributed by atoms with Gasteiger partial charge in [0.15, 0.2) is 5.75 Å². The van der Waals surface area contributed by atoms with Crippen LogP contribution in [-0.4, -0.2) is 27.1 Å². The standard InChI is InChI=1S/C23H23BrClF3N4O2/c1-13-8-17(24)7-6-15(13)9-18(11-25)31-22(32-33)21-20(12-29-14(2)30-21)34-19-5-3-4-16(10-19)23(26,27)28/h3-8,10,12,18,22,31-33H,9,11H2,1-2H3/t18-,22-/m1/s1. The molecule has 3 aromatic rings. The molecular weight excluding hydrogens is 537 g/mol. The molecule has 182 valence electrons. The highest BCUT2D eigenvalue weighted by molar-refractivity contribution is 9.10. The third kappa shape index (κ3) is 6.89. The summed E-state index contributed by atoms with van der Waals surface area (Å²) in [5, 5.41) is 13.1. The van der Waals surface area contributed by atoms with Crippen molar-refractivity contribution in [2.45, 2.75) is 38.7 Å². The molecule has 2 aromatic carbocycles. The first-order valence-electron chi connectivity index (χ1n) is 10.3. The van der Waals surface area contributed by atoms with Gasteiger partial charge in [0, 0.05) is 16.4 Å². The number of hydrogen-bond acceptors (Lipinski definition) is 6. The first-order chi connectivity index (χ1) is 16.1. The van der Waals surface area contributed by atoms with E-state index in [2.05, 4.69) is 36.7 Å². The molecule has 0 saturated carbocycles. The molecule has 6 nitrogen and oxygen atoms in total. The quantitative estimate of drug-likeness (QED) is 0.167. The molecule has 0 amide bonds. The van der Waals surface area contributed by atoms with Gasteiger partial charge < -0.3 is 9.94 Å². The Bertz CT molecular complexity index is 1130. The van der Waals surface area contributed by atoms with Gasteiger partial charge in [-0.3, -0.25) is 5.32 Å². The van der Waals surface area contributed by atoms with Crippen LogP contribution in [0.5, 0.6) is 11.5 Å². The Morgan fingerprint density at radius 2 is 1.94 bits per heavy atom. The molecule has 3 rings (SSSR count). The fourth-order valence-corrected chi connectivity index (χ4v) is 4.02. The average Bonchev–Trinajstić information content (AvgIpc) is 2.79. The number of hydroxylamine groups is 1. The number of hydrogen-bond donors (Lipinski definition) is 3. The fourth-order valence-electron chi connectivity index (χ4n) is 3.35. The van der Waals surface area contributed by atoms with Gasteiger partial charge in [-0.15, -0.1) is 11.6 Å². The van der Waals surface area contributed by atoms with Gasteiger partial charge in [-0.2, -0.15) is 18.7 Å². The third-order valence-electron chi connectivity index (χ3n) is 5.05. The molecule has 0 bridgehead atoms. The Balaban J connectivity index is 1.86. The molecule has 0 aliphatic heterocycles. The van der Waals surface area contributed by atoms with E-state index in [1.807, 2.05) is 25.1 Å². The lowest BCUT2D eigenvalue weighted by Gasteiger charge is -2.25. The Morgan fingerprint density at radius 1 is 1.18 bits per heavy atom. The zero-order chi connectivity index (χ0) is 24.9. The fraction of sp³-hybridized carbons (Fsp3) is 0.304. The van der Waals surface area contributed by atoms with E-state index in [1.54, 1.807) is 6.92 Å². The normalized spacial score (nSPS) is 13.5. The highest BCUT2D eigenvalue weighted by Gasteiger charge is 2.31. The molecule has 3 N–H and O–H groups in total. The van der Waals surface area contributed by atoms with E-state index in [0.29, 0.717) is 12.2 Å². The molecule has 34 heavy (non-hydrogen) atoms. The topological polar surface area (TPSA) is 79.3 Å². The Kier molecular flexibility index (Phi) is 8.89. The maximum absolute atomic E-state index is 13.1. The van der Waals surface area contributed by atoms with E-state index in [0.717, 1.165) is 27.7 Å². The van der Waals surface area contributed by atoms with Gasteiger partial charge in [0.2, 0.25) is 0 Å². The van der Waals surface area contributed by atoms with Crippen LogP contribution in [0.25, 0.3) is 0 Å². The van der Waals surface area contributed by atoms with Crippen molar-refractivity contribution in [1.82, 2.24) is 20.8 Å². The summed E-state index contributed by atoms with van der Waals surface area (Å²) in [5.74, 6) is 0.651. The first-order valence-corrected chi connectivity index (χ1v) is 11.6. The highest BCUT2D eigenvalue weighted by Crippen LogP contribution is 2.34. The number of ether oxygens (including phenoxy) is 1. The SMILES string of the molecule is Cc1ncc(Oc2cccc(C(F)(F)F)c2)c([C@@H](NO)N[C@@H](CCl)Cc2ccc(Br)cc2C)n1. The molecule has 0 radical (unpaired) electrons. The molecule has 2 atom stereocenters. The summed E-state index contributed by atoms with van der Waals surface area (Å²) >= 11 is 9.64. The van der Waals surface area contributed by atoms with Crippen molar-refractivity contribution in [2.75, 3.05) is 5.88 Å². The summed E-state index contributed by atoms with van der Waals surface area (Å²) in [6, 6.07) is 10.1. The minimum Gasteiger partial charge on any atom is -0.454 e. The molecule has 0 aliphatic rings. The Morgan fingerprint density at radius 3 is 2.59 bits per heavy atom. The molecular formula is C23H23BrClF3N4O2. The second-order valence-corrected chi connectivity index (χ2v) is 8.87. The van der Waals surface area contributed by atoms with Crippen LogP contribution in [0.3, 0.4) is 0 Å². The van der Waals surface area contributed by atoms with E-state index < -0.39 is 17.9 Å². The minimum absolute atomic E-state index is 0.0420. The lowest BCUT2D eigenvalue weighted by molar-refractivity contribution is -0.137. The van der Waals surface area contributed by atoms with Gasteiger partial charge in [0.1, 0.15) is 23.4 Å². The lowest BCUT2D eigenvalue weighted by Crippen LogP contribution is -2.42. The van der Waals surface area contributed by atoms with Crippen molar-refractivity contribution in [3.8, 4) is 11.5 Å². The largest absolute Gasteiger partial charge is 0.454 e. The molecule has 1 aromatic heterocycles. The van der Waals surface area contributed by atoms with Crippen LogP contribution in [0.1, 0.15) is 34.4 Å². The van der Waals surface area contributed by atoms with E-state index in [9.17, 15) is 18.4 Å². The zero-order valence-electron chi connectivity index (χ0n) is 18.3. The van der Waals surface area contributed by atoms with E-state index in [-0.39, 0.29) is 29.1 Å². The van der Waals surface area contributed by atoms with Crippen LogP contribution in [0, 0.1) is 13.8 Å². The van der Waals surface area contributed by atoms with Crippen LogP contribution in [0.2, 0.25) is 0 Å². The zero-order valence-corrected chi connectivity index (χ0v) is 20.7. The lowest BCUT2D eigenvalue weighted by atomic mass is 10.0. The maximum Gasteiger partial charge on any atom is 0.416 e. The molecule has 11 heteroatoms. The Labute approximate surface area is 208 Å². The number of aryl methyl sites for hydroxylation is 2. The molecule has 0 aliphatic carbocycles. The van der Waals surface area contributed by atoms with Gasteiger partial charge in [-0.1, -0.05) is 28.1 Å². The van der Waals surface area contributed by atoms with Gasteiger partial charge in [0.25, 0.3) is 0 Å². The Hall–Kier alpha value is -2.24. The van der Waals surface area contributed by atoms with E-state index in [4.69, 9.17) is 16.3 Å². The minimum atomic E-state index is -4.51. The monoisotopic (exact) mass is 558 g/mol. The van der Waals surface area contributed by atoms with Crippen molar-refractivity contribution >= 4 is 27.5 Å². The highest BCUT2D eigenvalue weighted by atomic mass is 79.9. The van der Waals surface area contributed by atoms with Crippen molar-refractivity contribution in [1.29, 1.82) is 0 Å². The van der Waals surface area contributed by atoms with Crippen LogP contribution < -0.4 is 15.5 Å². The molecule has 0 spiro atoms. The second kappa shape index (κ2) is 11.5. The number of rotatable bonds is 9. The number of benzene rings is 2. The predicted molar refractivity (Wildman–Crippen MR) is 126 cm³/mol. The van der Waals surface area contributed by atoms with E-state index in [1.165, 1.54) is 18.3 Å². The molecule has 0 saturated heterocycles. The molecule has 0 fully saturated rings. The summed E-state index contributed by atoms with van der Waals surface area (Å²) in [5.41, 5.74) is 3.67. The third-order valence-corrected chi connectivity index (χ3v) is 5.92. The number of nitrogens with zero attached hydrogens (tertiary/aromatic N) is 2. The number of alkyl halides is 4. The number of aromatic nitrogens is 2. The molecule has 0 unspecified atom stereocenters. The maximum atomic E-state index is 13.1. The average molecular weight is 560 g/mol. The summed E-state index contributed by atoms with van der Waals surface area (Å²) in [7, 11) is 0. The summed E-state index contributed by atoms with van der Waals surface area (Å²) in [4.78, 5) is 8.43. The van der Waals surface area contributed by atoms with Crippen LogP contribution in [0.4, 0.5) is 13.2 Å². The first kappa shape index (κ1) is 26.4. The van der Waals surface area contributed by atoms with Gasteiger partial charge >= 0.3 is 6.18 Å². The van der Waals surface area contributed by atoms with Crippen molar-refractivity contribution in [3.63, 3.8) is 0 Å².